The number of benzene rings is 2. The number of para-hydroxylation sites is 1. The molecule has 0 spiro atoms. The van der Waals surface area contributed by atoms with Gasteiger partial charge in [-0.3, -0.25) is 4.79 Å². The number of anilines is 1. The number of rotatable bonds is 5. The summed E-state index contributed by atoms with van der Waals surface area (Å²) in [4.78, 5) is 16.7. The van der Waals surface area contributed by atoms with Gasteiger partial charge in [0.25, 0.3) is 0 Å². The molecular weight excluding hydrogens is 352 g/mol. The summed E-state index contributed by atoms with van der Waals surface area (Å²) in [5.41, 5.74) is 2.18. The Labute approximate surface area is 152 Å². The molecule has 1 heterocycles. The zero-order valence-electron chi connectivity index (χ0n) is 14.8. The van der Waals surface area contributed by atoms with Gasteiger partial charge in [0, 0.05) is 5.92 Å². The van der Waals surface area contributed by atoms with Crippen LogP contribution < -0.4 is 5.32 Å². The molecule has 0 radical (unpaired) electrons. The standard InChI is InChI=1S/C19H20N2O4S/c1-4-26(23,24)13-9-10-17-16(11-13)21-19(25-17)14-7-5-6-8-15(14)20-18(22)12(2)3/h5-12H,4H2,1-3H3,(H,20,22). The van der Waals surface area contributed by atoms with Gasteiger partial charge in [0.15, 0.2) is 15.4 Å². The Morgan fingerprint density at radius 1 is 1.19 bits per heavy atom. The van der Waals surface area contributed by atoms with Gasteiger partial charge in [0.1, 0.15) is 5.52 Å². The van der Waals surface area contributed by atoms with E-state index in [1.165, 1.54) is 12.1 Å². The second kappa shape index (κ2) is 6.92. The quantitative estimate of drug-likeness (QED) is 0.734. The molecule has 136 valence electrons. The third kappa shape index (κ3) is 3.48. The van der Waals surface area contributed by atoms with E-state index in [2.05, 4.69) is 10.3 Å². The first kappa shape index (κ1) is 18.1. The van der Waals surface area contributed by atoms with Crippen molar-refractivity contribution >= 4 is 32.5 Å². The van der Waals surface area contributed by atoms with Crippen molar-refractivity contribution in [1.82, 2.24) is 4.98 Å². The fourth-order valence-electron chi connectivity index (χ4n) is 2.44. The van der Waals surface area contributed by atoms with Crippen LogP contribution in [0.3, 0.4) is 0 Å². The third-order valence-corrected chi connectivity index (χ3v) is 5.77. The minimum atomic E-state index is -3.32. The van der Waals surface area contributed by atoms with Crippen LogP contribution in [0.15, 0.2) is 51.8 Å². The number of amides is 1. The molecular formula is C19H20N2O4S. The van der Waals surface area contributed by atoms with Crippen LogP contribution in [0.4, 0.5) is 5.69 Å². The molecule has 26 heavy (non-hydrogen) atoms. The van der Waals surface area contributed by atoms with E-state index in [4.69, 9.17) is 4.42 Å². The summed E-state index contributed by atoms with van der Waals surface area (Å²) in [6, 6.07) is 11.8. The second-order valence-electron chi connectivity index (χ2n) is 6.24. The van der Waals surface area contributed by atoms with Gasteiger partial charge in [-0.15, -0.1) is 0 Å². The van der Waals surface area contributed by atoms with Crippen LogP contribution in [0, 0.1) is 5.92 Å². The molecule has 0 aliphatic heterocycles. The van der Waals surface area contributed by atoms with Crippen molar-refractivity contribution in [2.75, 3.05) is 11.1 Å². The number of oxazole rings is 1. The van der Waals surface area contributed by atoms with Crippen molar-refractivity contribution in [1.29, 1.82) is 0 Å². The number of sulfone groups is 1. The van der Waals surface area contributed by atoms with Gasteiger partial charge in [-0.1, -0.05) is 32.9 Å². The second-order valence-corrected chi connectivity index (χ2v) is 8.52. The molecule has 0 aliphatic rings. The van der Waals surface area contributed by atoms with Crippen LogP contribution in [0.5, 0.6) is 0 Å². The lowest BCUT2D eigenvalue weighted by Gasteiger charge is -2.10. The summed E-state index contributed by atoms with van der Waals surface area (Å²) in [7, 11) is -3.32. The van der Waals surface area contributed by atoms with Crippen molar-refractivity contribution in [3.8, 4) is 11.5 Å². The molecule has 0 aliphatic carbocycles. The zero-order valence-corrected chi connectivity index (χ0v) is 15.6. The molecule has 6 nitrogen and oxygen atoms in total. The van der Waals surface area contributed by atoms with E-state index in [9.17, 15) is 13.2 Å². The minimum absolute atomic E-state index is 0.0211. The van der Waals surface area contributed by atoms with Crippen LogP contribution >= 0.6 is 0 Å². The molecule has 1 aromatic heterocycles. The molecule has 1 amide bonds. The Morgan fingerprint density at radius 2 is 1.92 bits per heavy atom. The summed E-state index contributed by atoms with van der Waals surface area (Å²) in [6.45, 7) is 5.22. The fraction of sp³-hybridized carbons (Fsp3) is 0.263. The number of hydrogen-bond donors (Lipinski definition) is 1. The number of fused-ring (bicyclic) bond motifs is 1. The Morgan fingerprint density at radius 3 is 2.62 bits per heavy atom. The fourth-order valence-corrected chi connectivity index (χ4v) is 3.34. The lowest BCUT2D eigenvalue weighted by atomic mass is 10.1. The Bertz CT molecular complexity index is 1070. The maximum absolute atomic E-state index is 12.1. The van der Waals surface area contributed by atoms with Gasteiger partial charge in [0.05, 0.1) is 21.9 Å². The molecule has 0 unspecified atom stereocenters. The predicted octanol–water partition coefficient (Wildman–Crippen LogP) is 3.88. The van der Waals surface area contributed by atoms with Crippen LogP contribution in [0.25, 0.3) is 22.6 Å². The largest absolute Gasteiger partial charge is 0.436 e. The first-order valence-corrected chi connectivity index (χ1v) is 10.0. The van der Waals surface area contributed by atoms with Crippen molar-refractivity contribution < 1.29 is 17.6 Å². The molecule has 1 N–H and O–H groups in total. The topological polar surface area (TPSA) is 89.3 Å². The first-order valence-electron chi connectivity index (χ1n) is 8.35. The molecule has 0 saturated carbocycles. The summed E-state index contributed by atoms with van der Waals surface area (Å²) >= 11 is 0. The number of nitrogens with one attached hydrogen (secondary N) is 1. The summed E-state index contributed by atoms with van der Waals surface area (Å²) in [5.74, 6) is 0.0805. The molecule has 7 heteroatoms. The normalized spacial score (nSPS) is 11.8. The monoisotopic (exact) mass is 372 g/mol. The van der Waals surface area contributed by atoms with E-state index in [-0.39, 0.29) is 22.5 Å². The van der Waals surface area contributed by atoms with Crippen molar-refractivity contribution in [3.05, 3.63) is 42.5 Å². The molecule has 3 rings (SSSR count). The van der Waals surface area contributed by atoms with E-state index < -0.39 is 9.84 Å². The Kier molecular flexibility index (Phi) is 4.82. The van der Waals surface area contributed by atoms with Gasteiger partial charge < -0.3 is 9.73 Å². The highest BCUT2D eigenvalue weighted by Gasteiger charge is 2.17. The smallest absolute Gasteiger partial charge is 0.229 e. The summed E-state index contributed by atoms with van der Waals surface area (Å²) in [6.07, 6.45) is 0. The molecule has 0 atom stereocenters. The number of carbonyl (C=O) groups excluding carboxylic acids is 1. The van der Waals surface area contributed by atoms with E-state index in [0.717, 1.165) is 0 Å². The predicted molar refractivity (Wildman–Crippen MR) is 101 cm³/mol. The van der Waals surface area contributed by atoms with Gasteiger partial charge in [-0.2, -0.15) is 0 Å². The molecule has 0 bridgehead atoms. The SMILES string of the molecule is CCS(=O)(=O)c1ccc2oc(-c3ccccc3NC(=O)C(C)C)nc2c1. The Balaban J connectivity index is 2.05. The Hall–Kier alpha value is -2.67. The lowest BCUT2D eigenvalue weighted by molar-refractivity contribution is -0.118. The van der Waals surface area contributed by atoms with Gasteiger partial charge in [-0.05, 0) is 30.3 Å². The van der Waals surface area contributed by atoms with Gasteiger partial charge in [-0.25, -0.2) is 13.4 Å². The number of carbonyl (C=O) groups is 1. The van der Waals surface area contributed by atoms with E-state index >= 15 is 0 Å². The lowest BCUT2D eigenvalue weighted by Crippen LogP contribution is -2.18. The number of aromatic nitrogens is 1. The molecule has 0 saturated heterocycles. The highest BCUT2D eigenvalue weighted by molar-refractivity contribution is 7.91. The average molecular weight is 372 g/mol. The average Bonchev–Trinajstić information content (AvgIpc) is 3.05. The van der Waals surface area contributed by atoms with E-state index in [1.54, 1.807) is 25.1 Å². The van der Waals surface area contributed by atoms with E-state index in [0.29, 0.717) is 28.2 Å². The number of nitrogens with zero attached hydrogens (tertiary/aromatic N) is 1. The molecule has 3 aromatic rings. The number of hydrogen-bond acceptors (Lipinski definition) is 5. The van der Waals surface area contributed by atoms with Crippen molar-refractivity contribution in [3.63, 3.8) is 0 Å². The molecule has 0 fully saturated rings. The summed E-state index contributed by atoms with van der Waals surface area (Å²) in [5, 5.41) is 2.86. The highest BCUT2D eigenvalue weighted by atomic mass is 32.2. The zero-order chi connectivity index (χ0) is 18.9. The van der Waals surface area contributed by atoms with Crippen LogP contribution in [-0.2, 0) is 14.6 Å². The minimum Gasteiger partial charge on any atom is -0.436 e. The maximum atomic E-state index is 12.1. The van der Waals surface area contributed by atoms with Crippen molar-refractivity contribution in [2.45, 2.75) is 25.7 Å². The van der Waals surface area contributed by atoms with Crippen LogP contribution in [0.1, 0.15) is 20.8 Å². The van der Waals surface area contributed by atoms with Crippen LogP contribution in [-0.4, -0.2) is 25.1 Å². The van der Waals surface area contributed by atoms with Crippen LogP contribution in [0.2, 0.25) is 0 Å². The molecule has 2 aromatic carbocycles. The van der Waals surface area contributed by atoms with E-state index in [1.807, 2.05) is 26.0 Å². The van der Waals surface area contributed by atoms with Gasteiger partial charge in [0.2, 0.25) is 11.8 Å². The third-order valence-electron chi connectivity index (χ3n) is 4.04. The first-order chi connectivity index (χ1) is 12.3. The highest BCUT2D eigenvalue weighted by Crippen LogP contribution is 2.31. The summed E-state index contributed by atoms with van der Waals surface area (Å²) < 4.78 is 29.9. The van der Waals surface area contributed by atoms with Crippen molar-refractivity contribution in [2.24, 2.45) is 5.92 Å². The van der Waals surface area contributed by atoms with Gasteiger partial charge >= 0.3 is 0 Å². The maximum Gasteiger partial charge on any atom is 0.229 e.